The van der Waals surface area contributed by atoms with Crippen molar-refractivity contribution in [3.05, 3.63) is 0 Å². The van der Waals surface area contributed by atoms with E-state index in [1.807, 2.05) is 19.0 Å². The lowest BCUT2D eigenvalue weighted by atomic mass is 9.94. The summed E-state index contributed by atoms with van der Waals surface area (Å²) < 4.78 is 0. The molecule has 0 aromatic rings. The molecule has 0 aromatic heterocycles. The van der Waals surface area contributed by atoms with Gasteiger partial charge >= 0.3 is 0 Å². The molecule has 0 aliphatic carbocycles. The minimum Gasteiger partial charge on any atom is -0.302 e. The minimum atomic E-state index is 0.387. The molecular weight excluding hydrogens is 174 g/mol. The maximum absolute atomic E-state index is 11.5. The number of nitrogens with zero attached hydrogens (tertiary/aromatic N) is 1. The van der Waals surface area contributed by atoms with E-state index in [1.54, 1.807) is 0 Å². The normalized spacial score (nSPS) is 13.2. The summed E-state index contributed by atoms with van der Waals surface area (Å²) in [6.07, 6.45) is 5.62. The van der Waals surface area contributed by atoms with Crippen LogP contribution in [0.5, 0.6) is 0 Å². The van der Waals surface area contributed by atoms with Crippen molar-refractivity contribution in [1.29, 1.82) is 0 Å². The van der Waals surface area contributed by atoms with E-state index in [0.717, 1.165) is 12.8 Å². The Balaban J connectivity index is 3.74. The summed E-state index contributed by atoms with van der Waals surface area (Å²) >= 11 is 0. The van der Waals surface area contributed by atoms with Crippen molar-refractivity contribution in [1.82, 2.24) is 4.90 Å². The maximum Gasteiger partial charge on any atom is 0.147 e. The summed E-state index contributed by atoms with van der Waals surface area (Å²) in [4.78, 5) is 13.5. The minimum absolute atomic E-state index is 0.387. The van der Waals surface area contributed by atoms with Crippen LogP contribution in [0, 0.1) is 5.92 Å². The van der Waals surface area contributed by atoms with Gasteiger partial charge in [0.25, 0.3) is 0 Å². The van der Waals surface area contributed by atoms with E-state index >= 15 is 0 Å². The van der Waals surface area contributed by atoms with E-state index in [9.17, 15) is 4.79 Å². The van der Waals surface area contributed by atoms with Gasteiger partial charge in [-0.2, -0.15) is 0 Å². The van der Waals surface area contributed by atoms with Gasteiger partial charge in [0.15, 0.2) is 0 Å². The predicted octanol–water partition coefficient (Wildman–Crippen LogP) is 2.72. The fourth-order valence-electron chi connectivity index (χ4n) is 1.68. The lowest BCUT2D eigenvalue weighted by Gasteiger charge is -2.15. The third-order valence-electron chi connectivity index (χ3n) is 2.55. The second kappa shape index (κ2) is 7.98. The molecule has 1 atom stereocenters. The van der Waals surface area contributed by atoms with Crippen molar-refractivity contribution in [2.24, 2.45) is 5.92 Å². The summed E-state index contributed by atoms with van der Waals surface area (Å²) in [5.74, 6) is 1.00. The van der Waals surface area contributed by atoms with Crippen LogP contribution in [-0.2, 0) is 4.79 Å². The van der Waals surface area contributed by atoms with Crippen molar-refractivity contribution in [3.63, 3.8) is 0 Å². The van der Waals surface area contributed by atoms with Gasteiger partial charge in [0.1, 0.15) is 5.78 Å². The molecule has 0 bridgehead atoms. The molecule has 0 radical (unpaired) electrons. The standard InChI is InChI=1S/C12H25NO/c1-5-7-8-11(6-2)9-12(14)10-13(3)4/h11H,5-10H2,1-4H3. The van der Waals surface area contributed by atoms with E-state index in [0.29, 0.717) is 18.2 Å². The first-order chi connectivity index (χ1) is 6.60. The molecule has 0 amide bonds. The van der Waals surface area contributed by atoms with Gasteiger partial charge in [0.05, 0.1) is 6.54 Å². The zero-order chi connectivity index (χ0) is 11.0. The highest BCUT2D eigenvalue weighted by Gasteiger charge is 2.11. The molecule has 0 aliphatic rings. The zero-order valence-electron chi connectivity index (χ0n) is 10.2. The van der Waals surface area contributed by atoms with E-state index in [4.69, 9.17) is 0 Å². The molecule has 0 aliphatic heterocycles. The molecule has 1 unspecified atom stereocenters. The van der Waals surface area contributed by atoms with Crippen molar-refractivity contribution in [3.8, 4) is 0 Å². The van der Waals surface area contributed by atoms with Gasteiger partial charge in [-0.1, -0.05) is 39.5 Å². The Morgan fingerprint density at radius 1 is 1.29 bits per heavy atom. The number of unbranched alkanes of at least 4 members (excludes halogenated alkanes) is 1. The predicted molar refractivity (Wildman–Crippen MR) is 61.5 cm³/mol. The Bertz CT molecular complexity index is 154. The van der Waals surface area contributed by atoms with E-state index in [1.165, 1.54) is 19.3 Å². The van der Waals surface area contributed by atoms with Gasteiger partial charge in [-0.05, 0) is 20.0 Å². The second-order valence-corrected chi connectivity index (χ2v) is 4.40. The Hall–Kier alpha value is -0.370. The monoisotopic (exact) mass is 199 g/mol. The highest BCUT2D eigenvalue weighted by atomic mass is 16.1. The van der Waals surface area contributed by atoms with Crippen molar-refractivity contribution in [2.45, 2.75) is 46.0 Å². The highest BCUT2D eigenvalue weighted by Crippen LogP contribution is 2.16. The molecule has 0 saturated heterocycles. The Morgan fingerprint density at radius 2 is 1.93 bits per heavy atom. The highest BCUT2D eigenvalue weighted by molar-refractivity contribution is 5.80. The molecule has 0 heterocycles. The molecule has 0 fully saturated rings. The summed E-state index contributed by atoms with van der Waals surface area (Å²) in [7, 11) is 3.90. The Kier molecular flexibility index (Phi) is 7.77. The number of likely N-dealkylation sites (N-methyl/N-ethyl adjacent to an activating group) is 1. The first-order valence-electron chi connectivity index (χ1n) is 5.76. The molecule has 0 rings (SSSR count). The van der Waals surface area contributed by atoms with Gasteiger partial charge < -0.3 is 4.90 Å². The molecule has 0 spiro atoms. The molecule has 2 heteroatoms. The van der Waals surface area contributed by atoms with E-state index in [-0.39, 0.29) is 0 Å². The fourth-order valence-corrected chi connectivity index (χ4v) is 1.68. The van der Waals surface area contributed by atoms with Crippen molar-refractivity contribution < 1.29 is 4.79 Å². The number of Topliss-reactive ketones (excluding diaryl/α,β-unsaturated/α-hetero) is 1. The van der Waals surface area contributed by atoms with Crippen LogP contribution in [0.1, 0.15) is 46.0 Å². The Morgan fingerprint density at radius 3 is 2.36 bits per heavy atom. The molecule has 0 N–H and O–H groups in total. The van der Waals surface area contributed by atoms with Gasteiger partial charge in [0, 0.05) is 6.42 Å². The van der Waals surface area contributed by atoms with Crippen LogP contribution < -0.4 is 0 Å². The van der Waals surface area contributed by atoms with Crippen molar-refractivity contribution >= 4 is 5.78 Å². The van der Waals surface area contributed by atoms with Crippen LogP contribution in [0.15, 0.2) is 0 Å². The summed E-state index contributed by atoms with van der Waals surface area (Å²) in [5, 5.41) is 0. The molecular formula is C12H25NO. The second-order valence-electron chi connectivity index (χ2n) is 4.40. The van der Waals surface area contributed by atoms with Crippen LogP contribution in [0.3, 0.4) is 0 Å². The third-order valence-corrected chi connectivity index (χ3v) is 2.55. The lowest BCUT2D eigenvalue weighted by Crippen LogP contribution is -2.23. The van der Waals surface area contributed by atoms with E-state index in [2.05, 4.69) is 13.8 Å². The van der Waals surface area contributed by atoms with Crippen molar-refractivity contribution in [2.75, 3.05) is 20.6 Å². The first-order valence-corrected chi connectivity index (χ1v) is 5.76. The quantitative estimate of drug-likeness (QED) is 0.599. The maximum atomic E-state index is 11.5. The molecule has 2 nitrogen and oxygen atoms in total. The number of carbonyl (C=O) groups is 1. The number of rotatable bonds is 8. The van der Waals surface area contributed by atoms with Gasteiger partial charge in [-0.15, -0.1) is 0 Å². The largest absolute Gasteiger partial charge is 0.302 e. The fraction of sp³-hybridized carbons (Fsp3) is 0.917. The SMILES string of the molecule is CCCCC(CC)CC(=O)CN(C)C. The van der Waals surface area contributed by atoms with Crippen LogP contribution in [0.2, 0.25) is 0 Å². The van der Waals surface area contributed by atoms with Crippen LogP contribution in [0.4, 0.5) is 0 Å². The van der Waals surface area contributed by atoms with Gasteiger partial charge in [0.2, 0.25) is 0 Å². The number of hydrogen-bond donors (Lipinski definition) is 0. The molecule has 14 heavy (non-hydrogen) atoms. The summed E-state index contributed by atoms with van der Waals surface area (Å²) in [5.41, 5.74) is 0. The van der Waals surface area contributed by atoms with Crippen LogP contribution in [-0.4, -0.2) is 31.3 Å². The van der Waals surface area contributed by atoms with E-state index < -0.39 is 0 Å². The lowest BCUT2D eigenvalue weighted by molar-refractivity contribution is -0.120. The van der Waals surface area contributed by atoms with Gasteiger partial charge in [-0.25, -0.2) is 0 Å². The topological polar surface area (TPSA) is 20.3 Å². The average Bonchev–Trinajstić information content (AvgIpc) is 2.10. The molecule has 84 valence electrons. The molecule has 0 saturated carbocycles. The number of ketones is 1. The van der Waals surface area contributed by atoms with Crippen LogP contribution in [0.25, 0.3) is 0 Å². The first kappa shape index (κ1) is 13.6. The average molecular weight is 199 g/mol. The Labute approximate surface area is 88.7 Å². The summed E-state index contributed by atoms with van der Waals surface area (Å²) in [6.45, 7) is 4.99. The van der Waals surface area contributed by atoms with Crippen LogP contribution >= 0.6 is 0 Å². The molecule has 0 aromatic carbocycles. The summed E-state index contributed by atoms with van der Waals surface area (Å²) in [6, 6.07) is 0. The zero-order valence-corrected chi connectivity index (χ0v) is 10.2. The third kappa shape index (κ3) is 7.07. The number of carbonyl (C=O) groups excluding carboxylic acids is 1. The number of hydrogen-bond acceptors (Lipinski definition) is 2. The smallest absolute Gasteiger partial charge is 0.147 e. The van der Waals surface area contributed by atoms with Gasteiger partial charge in [-0.3, -0.25) is 4.79 Å².